The van der Waals surface area contributed by atoms with E-state index >= 15 is 4.39 Å². The van der Waals surface area contributed by atoms with Crippen LogP contribution in [0.3, 0.4) is 0 Å². The summed E-state index contributed by atoms with van der Waals surface area (Å²) < 4.78 is 56.6. The number of pyridine rings is 1. The third kappa shape index (κ3) is 6.52. The zero-order chi connectivity index (χ0) is 30.0. The second-order valence-corrected chi connectivity index (χ2v) is 11.7. The van der Waals surface area contributed by atoms with Crippen LogP contribution in [0.4, 0.5) is 25.2 Å². The van der Waals surface area contributed by atoms with Crippen LogP contribution in [-0.4, -0.2) is 64.8 Å². The van der Waals surface area contributed by atoms with Crippen molar-refractivity contribution >= 4 is 38.8 Å². The largest absolute Gasteiger partial charge is 0.465 e. The molecule has 3 N–H and O–H groups in total. The van der Waals surface area contributed by atoms with E-state index in [2.05, 4.69) is 25.0 Å². The number of halogens is 2. The maximum absolute atomic E-state index is 15.0. The maximum Gasteiger partial charge on any atom is 0.407 e. The smallest absolute Gasteiger partial charge is 0.407 e. The van der Waals surface area contributed by atoms with Crippen LogP contribution in [0.1, 0.15) is 23.1 Å². The van der Waals surface area contributed by atoms with Gasteiger partial charge in [-0.2, -0.15) is 5.26 Å². The lowest BCUT2D eigenvalue weighted by Gasteiger charge is -2.33. The second kappa shape index (κ2) is 11.5. The number of nitrogens with one attached hydrogen (secondary N) is 2. The van der Waals surface area contributed by atoms with Crippen molar-refractivity contribution in [3.05, 3.63) is 77.2 Å². The number of nitrogens with zero attached hydrogens (tertiary/aromatic N) is 5. The Morgan fingerprint density at radius 3 is 2.62 bits per heavy atom. The molecule has 1 aliphatic rings. The lowest BCUT2D eigenvalue weighted by atomic mass is 10.0. The molecule has 2 aromatic carbocycles. The van der Waals surface area contributed by atoms with Crippen LogP contribution in [0.15, 0.2) is 54.7 Å². The molecule has 5 rings (SSSR count). The van der Waals surface area contributed by atoms with E-state index in [4.69, 9.17) is 5.26 Å². The van der Waals surface area contributed by atoms with Crippen LogP contribution in [0.5, 0.6) is 0 Å². The highest BCUT2D eigenvalue weighted by molar-refractivity contribution is 7.91. The number of nitriles is 1. The molecular weight excluding hydrogens is 568 g/mol. The van der Waals surface area contributed by atoms with Crippen LogP contribution < -0.4 is 10.0 Å². The summed E-state index contributed by atoms with van der Waals surface area (Å²) in [6.07, 6.45) is -0.910. The highest BCUT2D eigenvalue weighted by Gasteiger charge is 2.30. The van der Waals surface area contributed by atoms with Crippen molar-refractivity contribution in [1.82, 2.24) is 19.9 Å². The maximum atomic E-state index is 15.0. The van der Waals surface area contributed by atoms with E-state index in [1.807, 2.05) is 6.07 Å². The van der Waals surface area contributed by atoms with Crippen molar-refractivity contribution in [2.24, 2.45) is 0 Å². The lowest BCUT2D eigenvalue weighted by molar-refractivity contribution is 0.102. The molecule has 0 aliphatic carbocycles. The van der Waals surface area contributed by atoms with Gasteiger partial charge in [-0.15, -0.1) is 0 Å². The Kier molecular flexibility index (Phi) is 7.86. The van der Waals surface area contributed by atoms with Crippen molar-refractivity contribution in [2.75, 3.05) is 23.1 Å². The first kappa shape index (κ1) is 28.6. The molecule has 0 spiro atoms. The number of carbonyl (C=O) groups is 1. The number of fused-ring (bicyclic) bond motifs is 1. The molecule has 1 amide bonds. The summed E-state index contributed by atoms with van der Waals surface area (Å²) in [6.45, 7) is 1.71. The van der Waals surface area contributed by atoms with Gasteiger partial charge in [0.2, 0.25) is 16.0 Å². The zero-order valence-corrected chi connectivity index (χ0v) is 23.1. The van der Waals surface area contributed by atoms with E-state index in [-0.39, 0.29) is 31.1 Å². The van der Waals surface area contributed by atoms with Crippen molar-refractivity contribution in [3.8, 4) is 17.3 Å². The minimum absolute atomic E-state index is 0.0977. The first-order chi connectivity index (χ1) is 20.0. The van der Waals surface area contributed by atoms with Crippen molar-refractivity contribution in [1.29, 1.82) is 5.26 Å². The Labute approximate surface area is 239 Å². The van der Waals surface area contributed by atoms with Gasteiger partial charge < -0.3 is 15.3 Å². The van der Waals surface area contributed by atoms with Crippen LogP contribution in [0.2, 0.25) is 0 Å². The highest BCUT2D eigenvalue weighted by Crippen LogP contribution is 2.28. The molecule has 1 saturated heterocycles. The average molecular weight is 594 g/mol. The summed E-state index contributed by atoms with van der Waals surface area (Å²) in [5, 5.41) is 21.1. The fourth-order valence-electron chi connectivity index (χ4n) is 4.74. The molecule has 0 saturated carbocycles. The minimum atomic E-state index is -3.93. The predicted octanol–water partition coefficient (Wildman–Crippen LogP) is 4.46. The molecule has 2 atom stereocenters. The fourth-order valence-corrected chi connectivity index (χ4v) is 5.94. The van der Waals surface area contributed by atoms with Gasteiger partial charge in [0.25, 0.3) is 0 Å². The molecule has 0 bridgehead atoms. The third-order valence-corrected chi connectivity index (χ3v) is 7.95. The van der Waals surface area contributed by atoms with E-state index < -0.39 is 39.9 Å². The van der Waals surface area contributed by atoms with E-state index in [0.29, 0.717) is 39.0 Å². The number of aromatic nitrogens is 3. The Bertz CT molecular complexity index is 1810. The summed E-state index contributed by atoms with van der Waals surface area (Å²) in [7, 11) is -3.93. The van der Waals surface area contributed by atoms with Gasteiger partial charge in [-0.3, -0.25) is 4.72 Å². The topological polar surface area (TPSA) is 161 Å². The number of carboxylic acid groups (broad SMARTS) is 1. The second-order valence-electron chi connectivity index (χ2n) is 9.98. The van der Waals surface area contributed by atoms with Gasteiger partial charge in [-0.05, 0) is 48.4 Å². The number of anilines is 2. The SMILES string of the molecule is Cc1cc(-c2ccc(NS(=O)(=O)Cc3ccc(C#N)cc3)c(F)c2)nc2cnc(N[C@H]3C[C@H](F)CN(C(=O)O)C3)nc12. The van der Waals surface area contributed by atoms with E-state index in [1.165, 1.54) is 48.7 Å². The van der Waals surface area contributed by atoms with Gasteiger partial charge in [-0.25, -0.2) is 36.9 Å². The molecule has 14 heteroatoms. The highest BCUT2D eigenvalue weighted by atomic mass is 32.2. The number of alkyl halides is 1. The van der Waals surface area contributed by atoms with E-state index in [9.17, 15) is 22.7 Å². The van der Waals surface area contributed by atoms with Crippen molar-refractivity contribution < 1.29 is 27.1 Å². The molecule has 42 heavy (non-hydrogen) atoms. The molecule has 0 radical (unpaired) electrons. The van der Waals surface area contributed by atoms with Gasteiger partial charge in [0.05, 0.1) is 47.0 Å². The molecule has 1 aliphatic heterocycles. The number of rotatable bonds is 7. The van der Waals surface area contributed by atoms with Crippen LogP contribution in [0, 0.1) is 24.1 Å². The molecule has 4 aromatic rings. The number of aryl methyl sites for hydroxylation is 1. The Hall–Kier alpha value is -4.90. The standard InChI is InChI=1S/C28H25F2N7O4S/c1-16-8-24(34-25-12-32-27(35-26(16)25)33-21-10-20(29)13-37(14-21)28(38)39)19-6-7-23(22(30)9-19)36-42(40,41)15-18-4-2-17(11-31)3-5-18/h2-9,12,20-21,36H,10,13-15H2,1H3,(H,38,39)(H,32,33,35)/t20-,21-/m0/s1. The summed E-state index contributed by atoms with van der Waals surface area (Å²) in [5.41, 5.74) is 3.07. The van der Waals surface area contributed by atoms with Gasteiger partial charge in [0, 0.05) is 24.6 Å². The number of benzene rings is 2. The Balaban J connectivity index is 1.32. The fraction of sp³-hybridized carbons (Fsp3) is 0.250. The van der Waals surface area contributed by atoms with E-state index in [0.717, 1.165) is 4.90 Å². The number of piperidine rings is 1. The average Bonchev–Trinajstić information content (AvgIpc) is 2.94. The summed E-state index contributed by atoms with van der Waals surface area (Å²) >= 11 is 0. The quantitative estimate of drug-likeness (QED) is 0.281. The Morgan fingerprint density at radius 2 is 1.93 bits per heavy atom. The number of hydrogen-bond donors (Lipinski definition) is 3. The van der Waals surface area contributed by atoms with Gasteiger partial charge in [0.15, 0.2) is 0 Å². The molecule has 0 unspecified atom stereocenters. The molecule has 3 heterocycles. The van der Waals surface area contributed by atoms with Gasteiger partial charge in [-0.1, -0.05) is 18.2 Å². The molecule has 11 nitrogen and oxygen atoms in total. The van der Waals surface area contributed by atoms with Gasteiger partial charge in [0.1, 0.15) is 17.5 Å². The monoisotopic (exact) mass is 593 g/mol. The zero-order valence-electron chi connectivity index (χ0n) is 22.3. The summed E-state index contributed by atoms with van der Waals surface area (Å²) in [5.74, 6) is -0.983. The van der Waals surface area contributed by atoms with Crippen LogP contribution in [-0.2, 0) is 15.8 Å². The van der Waals surface area contributed by atoms with Gasteiger partial charge >= 0.3 is 6.09 Å². The number of amides is 1. The van der Waals surface area contributed by atoms with Crippen molar-refractivity contribution in [3.63, 3.8) is 0 Å². The number of hydrogen-bond acceptors (Lipinski definition) is 8. The Morgan fingerprint density at radius 1 is 1.17 bits per heavy atom. The van der Waals surface area contributed by atoms with Crippen LogP contribution in [0.25, 0.3) is 22.3 Å². The van der Waals surface area contributed by atoms with Crippen molar-refractivity contribution in [2.45, 2.75) is 31.3 Å². The first-order valence-electron chi connectivity index (χ1n) is 12.8. The molecule has 216 valence electrons. The first-order valence-corrected chi connectivity index (χ1v) is 14.5. The number of sulfonamides is 1. The summed E-state index contributed by atoms with van der Waals surface area (Å²) in [4.78, 5) is 25.5. The van der Waals surface area contributed by atoms with Crippen LogP contribution >= 0.6 is 0 Å². The lowest BCUT2D eigenvalue weighted by Crippen LogP contribution is -2.49. The summed E-state index contributed by atoms with van der Waals surface area (Å²) in [6, 6.07) is 13.3. The minimum Gasteiger partial charge on any atom is -0.465 e. The number of likely N-dealkylation sites (tertiary alicyclic amines) is 1. The normalized spacial score (nSPS) is 17.0. The third-order valence-electron chi connectivity index (χ3n) is 6.71. The molecular formula is C28H25F2N7O4S. The molecule has 2 aromatic heterocycles. The predicted molar refractivity (Wildman–Crippen MR) is 151 cm³/mol. The molecule has 1 fully saturated rings. The van der Waals surface area contributed by atoms with E-state index in [1.54, 1.807) is 13.0 Å².